The summed E-state index contributed by atoms with van der Waals surface area (Å²) in [4.78, 5) is 4.71. The van der Waals surface area contributed by atoms with Crippen LogP contribution in [0.25, 0.3) is 0 Å². The molecule has 0 saturated carbocycles. The Bertz CT molecular complexity index is 485. The maximum atomic E-state index is 5.43. The molecule has 2 aliphatic heterocycles. The fourth-order valence-electron chi connectivity index (χ4n) is 2.17. The highest BCUT2D eigenvalue weighted by atomic mass is 32.2. The Morgan fingerprint density at radius 3 is 2.94 bits per heavy atom. The van der Waals surface area contributed by atoms with Gasteiger partial charge in [0.25, 0.3) is 0 Å². The summed E-state index contributed by atoms with van der Waals surface area (Å²) in [5.41, 5.74) is 3.72. The minimum Gasteiger partial charge on any atom is -0.372 e. The van der Waals surface area contributed by atoms with Crippen molar-refractivity contribution in [2.75, 3.05) is 11.1 Å². The normalized spacial score (nSPS) is 22.2. The number of nitrogens with one attached hydrogen (secondary N) is 1. The van der Waals surface area contributed by atoms with Crippen molar-refractivity contribution in [2.24, 2.45) is 10.9 Å². The summed E-state index contributed by atoms with van der Waals surface area (Å²) >= 11 is 1.81. The summed E-state index contributed by atoms with van der Waals surface area (Å²) in [7, 11) is 0. The number of benzene rings is 1. The molecule has 3 nitrogen and oxygen atoms in total. The molecule has 0 amide bonds. The molecular formula is C14H18N2OS. The van der Waals surface area contributed by atoms with Gasteiger partial charge in [-0.3, -0.25) is 4.99 Å². The van der Waals surface area contributed by atoms with E-state index in [1.54, 1.807) is 0 Å². The molecular weight excluding hydrogens is 244 g/mol. The molecule has 1 atom stereocenters. The van der Waals surface area contributed by atoms with Crippen LogP contribution >= 0.6 is 11.8 Å². The number of fused-ring (bicyclic) bond motifs is 1. The molecule has 1 aromatic carbocycles. The Balaban J connectivity index is 1.72. The highest BCUT2D eigenvalue weighted by Gasteiger charge is 2.21. The number of nitrogens with zero attached hydrogens (tertiary/aromatic N) is 1. The smallest absolute Gasteiger partial charge is 0.161 e. The van der Waals surface area contributed by atoms with Crippen LogP contribution in [0.5, 0.6) is 0 Å². The van der Waals surface area contributed by atoms with Crippen molar-refractivity contribution < 1.29 is 4.74 Å². The highest BCUT2D eigenvalue weighted by molar-refractivity contribution is 8.14. The second-order valence-electron chi connectivity index (χ2n) is 5.16. The molecule has 0 aromatic heterocycles. The summed E-state index contributed by atoms with van der Waals surface area (Å²) in [5.74, 6) is 1.71. The lowest BCUT2D eigenvalue weighted by Crippen LogP contribution is -2.12. The Kier molecular flexibility index (Phi) is 3.31. The first kappa shape index (κ1) is 12.1. The second kappa shape index (κ2) is 4.94. The van der Waals surface area contributed by atoms with E-state index in [0.717, 1.165) is 29.8 Å². The van der Waals surface area contributed by atoms with Crippen LogP contribution in [0.4, 0.5) is 5.69 Å². The molecule has 1 N–H and O–H groups in total. The summed E-state index contributed by atoms with van der Waals surface area (Å²) in [6.07, 6.45) is 0. The number of hydrogen-bond acceptors (Lipinski definition) is 4. The third kappa shape index (κ3) is 2.40. The quantitative estimate of drug-likeness (QED) is 0.888. The molecule has 0 bridgehead atoms. The van der Waals surface area contributed by atoms with E-state index in [1.165, 1.54) is 11.1 Å². The third-order valence-electron chi connectivity index (χ3n) is 3.42. The average Bonchev–Trinajstić information content (AvgIpc) is 2.96. The molecule has 1 aromatic rings. The molecule has 96 valence electrons. The minimum absolute atomic E-state index is 0.454. The zero-order valence-electron chi connectivity index (χ0n) is 10.8. The van der Waals surface area contributed by atoms with Gasteiger partial charge in [0.05, 0.1) is 19.3 Å². The number of thioether (sulfide) groups is 1. The van der Waals surface area contributed by atoms with E-state index < -0.39 is 0 Å². The van der Waals surface area contributed by atoms with E-state index in [1.807, 2.05) is 11.8 Å². The number of hydrogen-bond donors (Lipinski definition) is 1. The fourth-order valence-corrected chi connectivity index (χ4v) is 3.36. The molecule has 3 rings (SSSR count). The molecule has 1 unspecified atom stereocenters. The molecule has 18 heavy (non-hydrogen) atoms. The zero-order valence-corrected chi connectivity index (χ0v) is 11.6. The van der Waals surface area contributed by atoms with Gasteiger partial charge in [0, 0.05) is 11.4 Å². The Labute approximate surface area is 112 Å². The summed E-state index contributed by atoms with van der Waals surface area (Å²) in [6.45, 7) is 5.94. The van der Waals surface area contributed by atoms with Gasteiger partial charge in [-0.15, -0.1) is 0 Å². The fraction of sp³-hybridized carbons (Fsp3) is 0.500. The van der Waals surface area contributed by atoms with E-state index in [-0.39, 0.29) is 0 Å². The lowest BCUT2D eigenvalue weighted by Gasteiger charge is -2.08. The van der Waals surface area contributed by atoms with Crippen molar-refractivity contribution >= 4 is 22.6 Å². The van der Waals surface area contributed by atoms with Crippen LogP contribution in [0.2, 0.25) is 0 Å². The first-order chi connectivity index (χ1) is 8.72. The number of ether oxygens (including phenoxy) is 1. The van der Waals surface area contributed by atoms with Crippen LogP contribution in [-0.2, 0) is 18.0 Å². The number of aliphatic imine (C=N–C) groups is 1. The minimum atomic E-state index is 0.454. The number of rotatable bonds is 2. The summed E-state index contributed by atoms with van der Waals surface area (Å²) in [5, 5.41) is 4.46. The lowest BCUT2D eigenvalue weighted by atomic mass is 10.1. The Hall–Kier alpha value is -1.00. The molecule has 2 heterocycles. The largest absolute Gasteiger partial charge is 0.372 e. The van der Waals surface area contributed by atoms with Crippen LogP contribution in [0.3, 0.4) is 0 Å². The monoisotopic (exact) mass is 262 g/mol. The van der Waals surface area contributed by atoms with Gasteiger partial charge in [0.1, 0.15) is 0 Å². The van der Waals surface area contributed by atoms with Gasteiger partial charge in [-0.1, -0.05) is 31.7 Å². The SMILES string of the molecule is CC(C)C1CSC(Nc2ccc3c(c2)COC3)=N1. The van der Waals surface area contributed by atoms with Gasteiger partial charge >= 0.3 is 0 Å². The number of anilines is 1. The predicted octanol–water partition coefficient (Wildman–Crippen LogP) is 3.26. The van der Waals surface area contributed by atoms with Gasteiger partial charge in [0.15, 0.2) is 5.17 Å². The first-order valence-corrected chi connectivity index (χ1v) is 7.38. The Morgan fingerprint density at radius 1 is 1.33 bits per heavy atom. The first-order valence-electron chi connectivity index (χ1n) is 6.39. The van der Waals surface area contributed by atoms with Gasteiger partial charge in [-0.2, -0.15) is 0 Å². The van der Waals surface area contributed by atoms with Gasteiger partial charge in [0.2, 0.25) is 0 Å². The van der Waals surface area contributed by atoms with Crippen LogP contribution in [0.1, 0.15) is 25.0 Å². The van der Waals surface area contributed by atoms with Crippen molar-refractivity contribution in [1.82, 2.24) is 0 Å². The van der Waals surface area contributed by atoms with Crippen molar-refractivity contribution in [1.29, 1.82) is 0 Å². The standard InChI is InChI=1S/C14H18N2OS/c1-9(2)13-8-18-14(16-13)15-12-4-3-10-6-17-7-11(10)5-12/h3-5,9,13H,6-8H2,1-2H3,(H,15,16). The van der Waals surface area contributed by atoms with Crippen LogP contribution in [0, 0.1) is 5.92 Å². The predicted molar refractivity (Wildman–Crippen MR) is 77.1 cm³/mol. The molecule has 4 heteroatoms. The maximum Gasteiger partial charge on any atom is 0.161 e. The van der Waals surface area contributed by atoms with Crippen molar-refractivity contribution in [3.05, 3.63) is 29.3 Å². The topological polar surface area (TPSA) is 33.6 Å². The second-order valence-corrected chi connectivity index (χ2v) is 6.17. The van der Waals surface area contributed by atoms with E-state index in [0.29, 0.717) is 12.0 Å². The molecule has 0 radical (unpaired) electrons. The van der Waals surface area contributed by atoms with E-state index >= 15 is 0 Å². The molecule has 0 saturated heterocycles. The van der Waals surface area contributed by atoms with E-state index in [4.69, 9.17) is 9.73 Å². The van der Waals surface area contributed by atoms with Crippen LogP contribution < -0.4 is 5.32 Å². The third-order valence-corrected chi connectivity index (χ3v) is 4.41. The Morgan fingerprint density at radius 2 is 2.17 bits per heavy atom. The van der Waals surface area contributed by atoms with Gasteiger partial charge in [-0.05, 0) is 29.2 Å². The van der Waals surface area contributed by atoms with Crippen LogP contribution in [-0.4, -0.2) is 17.0 Å². The average molecular weight is 262 g/mol. The molecule has 0 fully saturated rings. The van der Waals surface area contributed by atoms with Gasteiger partial charge in [-0.25, -0.2) is 0 Å². The molecule has 0 aliphatic carbocycles. The van der Waals surface area contributed by atoms with E-state index in [2.05, 4.69) is 37.4 Å². The highest BCUT2D eigenvalue weighted by Crippen LogP contribution is 2.27. The van der Waals surface area contributed by atoms with Crippen molar-refractivity contribution in [2.45, 2.75) is 33.1 Å². The van der Waals surface area contributed by atoms with Crippen molar-refractivity contribution in [3.63, 3.8) is 0 Å². The van der Waals surface area contributed by atoms with E-state index in [9.17, 15) is 0 Å². The summed E-state index contributed by atoms with van der Waals surface area (Å²) < 4.78 is 5.43. The summed E-state index contributed by atoms with van der Waals surface area (Å²) in [6, 6.07) is 6.88. The maximum absolute atomic E-state index is 5.43. The van der Waals surface area contributed by atoms with Crippen molar-refractivity contribution in [3.8, 4) is 0 Å². The molecule has 0 spiro atoms. The zero-order chi connectivity index (χ0) is 12.5. The van der Waals surface area contributed by atoms with Gasteiger partial charge < -0.3 is 10.1 Å². The van der Waals surface area contributed by atoms with Crippen LogP contribution in [0.15, 0.2) is 23.2 Å². The number of amidine groups is 1. The lowest BCUT2D eigenvalue weighted by molar-refractivity contribution is 0.134. The molecule has 2 aliphatic rings.